The van der Waals surface area contributed by atoms with E-state index in [1.54, 1.807) is 24.7 Å². The van der Waals surface area contributed by atoms with Crippen molar-refractivity contribution in [2.24, 2.45) is 0 Å². The van der Waals surface area contributed by atoms with Crippen LogP contribution >= 0.6 is 0 Å². The van der Waals surface area contributed by atoms with E-state index in [0.29, 0.717) is 0 Å². The molecule has 0 spiro atoms. The van der Waals surface area contributed by atoms with Crippen molar-refractivity contribution in [3.63, 3.8) is 0 Å². The van der Waals surface area contributed by atoms with Gasteiger partial charge in [0.15, 0.2) is 0 Å². The second kappa shape index (κ2) is 3.98. The zero-order chi connectivity index (χ0) is 9.80. The van der Waals surface area contributed by atoms with Crippen LogP contribution in [0.3, 0.4) is 0 Å². The van der Waals surface area contributed by atoms with E-state index in [-0.39, 0.29) is 6.61 Å². The molecule has 0 radical (unpaired) electrons. The molecule has 0 aliphatic heterocycles. The fourth-order valence-electron chi connectivity index (χ4n) is 1.25. The van der Waals surface area contributed by atoms with Crippen molar-refractivity contribution in [1.29, 1.82) is 0 Å². The van der Waals surface area contributed by atoms with Crippen LogP contribution in [0.2, 0.25) is 0 Å². The van der Waals surface area contributed by atoms with E-state index in [9.17, 15) is 0 Å². The van der Waals surface area contributed by atoms with Gasteiger partial charge >= 0.3 is 0 Å². The van der Waals surface area contributed by atoms with E-state index in [1.807, 2.05) is 18.2 Å². The molecule has 3 heteroatoms. The molecule has 70 valence electrons. The molecule has 0 aliphatic rings. The van der Waals surface area contributed by atoms with Crippen LogP contribution < -0.4 is 0 Å². The maximum absolute atomic E-state index is 8.97. The molecule has 0 unspecified atom stereocenters. The van der Waals surface area contributed by atoms with Gasteiger partial charge in [-0.1, -0.05) is 0 Å². The highest BCUT2D eigenvalue weighted by molar-refractivity contribution is 5.58. The minimum Gasteiger partial charge on any atom is -0.392 e. The Bertz CT molecular complexity index is 415. The third-order valence-electron chi connectivity index (χ3n) is 1.98. The van der Waals surface area contributed by atoms with Crippen LogP contribution in [0, 0.1) is 0 Å². The Kier molecular flexibility index (Phi) is 2.51. The maximum atomic E-state index is 8.97. The zero-order valence-corrected chi connectivity index (χ0v) is 7.59. The van der Waals surface area contributed by atoms with Crippen LogP contribution in [0.5, 0.6) is 0 Å². The normalized spacial score (nSPS) is 10.1. The Morgan fingerprint density at radius 2 is 1.86 bits per heavy atom. The number of aliphatic hydroxyl groups excluding tert-OH is 1. The number of hydrogen-bond donors (Lipinski definition) is 1. The van der Waals surface area contributed by atoms with Crippen LogP contribution in [-0.4, -0.2) is 15.1 Å². The lowest BCUT2D eigenvalue weighted by Gasteiger charge is -2.01. The van der Waals surface area contributed by atoms with Crippen LogP contribution in [0.1, 0.15) is 5.56 Å². The largest absolute Gasteiger partial charge is 0.392 e. The lowest BCUT2D eigenvalue weighted by atomic mass is 10.1. The Labute approximate surface area is 82.1 Å². The van der Waals surface area contributed by atoms with Gasteiger partial charge in [-0.2, -0.15) is 0 Å². The van der Waals surface area contributed by atoms with E-state index in [4.69, 9.17) is 5.11 Å². The molecule has 0 aliphatic carbocycles. The van der Waals surface area contributed by atoms with Gasteiger partial charge in [0.2, 0.25) is 0 Å². The van der Waals surface area contributed by atoms with E-state index < -0.39 is 0 Å². The Morgan fingerprint density at radius 3 is 2.57 bits per heavy atom. The summed E-state index contributed by atoms with van der Waals surface area (Å²) in [5.41, 5.74) is 2.74. The molecule has 0 amide bonds. The Balaban J connectivity index is 2.42. The van der Waals surface area contributed by atoms with Crippen LogP contribution in [0.25, 0.3) is 11.3 Å². The van der Waals surface area contributed by atoms with E-state index in [2.05, 4.69) is 9.97 Å². The summed E-state index contributed by atoms with van der Waals surface area (Å²) in [4.78, 5) is 8.16. The predicted octanol–water partition coefficient (Wildman–Crippen LogP) is 1.64. The first kappa shape index (κ1) is 8.84. The molecule has 0 saturated heterocycles. The first-order valence-electron chi connectivity index (χ1n) is 4.36. The van der Waals surface area contributed by atoms with Gasteiger partial charge in [0.1, 0.15) is 0 Å². The molecular formula is C11H10N2O. The van der Waals surface area contributed by atoms with Gasteiger partial charge in [0.25, 0.3) is 0 Å². The molecule has 0 aromatic carbocycles. The zero-order valence-electron chi connectivity index (χ0n) is 7.59. The van der Waals surface area contributed by atoms with Crippen molar-refractivity contribution in [3.05, 3.63) is 48.4 Å². The highest BCUT2D eigenvalue weighted by Gasteiger charge is 1.98. The van der Waals surface area contributed by atoms with Crippen molar-refractivity contribution in [3.8, 4) is 11.3 Å². The second-order valence-electron chi connectivity index (χ2n) is 2.94. The number of aromatic nitrogens is 2. The molecule has 2 aromatic rings. The summed E-state index contributed by atoms with van der Waals surface area (Å²) in [7, 11) is 0. The number of nitrogens with zero attached hydrogens (tertiary/aromatic N) is 2. The number of aliphatic hydroxyl groups is 1. The van der Waals surface area contributed by atoms with E-state index in [0.717, 1.165) is 16.8 Å². The summed E-state index contributed by atoms with van der Waals surface area (Å²) >= 11 is 0. The molecule has 14 heavy (non-hydrogen) atoms. The lowest BCUT2D eigenvalue weighted by Crippen LogP contribution is -1.88. The highest BCUT2D eigenvalue weighted by atomic mass is 16.3. The highest BCUT2D eigenvalue weighted by Crippen LogP contribution is 2.16. The fourth-order valence-corrected chi connectivity index (χ4v) is 1.25. The smallest absolute Gasteiger partial charge is 0.0706 e. The van der Waals surface area contributed by atoms with Crippen molar-refractivity contribution in [2.75, 3.05) is 0 Å². The Hall–Kier alpha value is -1.74. The average Bonchev–Trinajstić information content (AvgIpc) is 2.30. The van der Waals surface area contributed by atoms with Crippen molar-refractivity contribution in [2.45, 2.75) is 6.61 Å². The molecule has 2 rings (SSSR count). The van der Waals surface area contributed by atoms with Gasteiger partial charge in [-0.3, -0.25) is 9.97 Å². The quantitative estimate of drug-likeness (QED) is 0.775. The summed E-state index contributed by atoms with van der Waals surface area (Å²) in [6, 6.07) is 7.45. The summed E-state index contributed by atoms with van der Waals surface area (Å²) in [5.74, 6) is 0. The van der Waals surface area contributed by atoms with Crippen molar-refractivity contribution < 1.29 is 5.11 Å². The number of hydrogen-bond acceptors (Lipinski definition) is 3. The van der Waals surface area contributed by atoms with Gasteiger partial charge in [-0.15, -0.1) is 0 Å². The summed E-state index contributed by atoms with van der Waals surface area (Å²) < 4.78 is 0. The molecule has 3 nitrogen and oxygen atoms in total. The van der Waals surface area contributed by atoms with Crippen molar-refractivity contribution in [1.82, 2.24) is 9.97 Å². The fraction of sp³-hybridized carbons (Fsp3) is 0.0909. The minimum absolute atomic E-state index is 0.0423. The van der Waals surface area contributed by atoms with Crippen LogP contribution in [0.4, 0.5) is 0 Å². The van der Waals surface area contributed by atoms with Crippen LogP contribution in [-0.2, 0) is 6.61 Å². The topological polar surface area (TPSA) is 46.0 Å². The summed E-state index contributed by atoms with van der Waals surface area (Å²) in [6.45, 7) is 0.0423. The summed E-state index contributed by atoms with van der Waals surface area (Å²) in [6.07, 6.45) is 5.15. The summed E-state index contributed by atoms with van der Waals surface area (Å²) in [5, 5.41) is 8.97. The standard InChI is InChI=1S/C11H10N2O/c14-8-9-1-6-13-11(7-9)10-2-4-12-5-3-10/h1-7,14H,8H2. The molecule has 2 heterocycles. The molecular weight excluding hydrogens is 176 g/mol. The first-order valence-corrected chi connectivity index (χ1v) is 4.36. The number of rotatable bonds is 2. The average molecular weight is 186 g/mol. The predicted molar refractivity (Wildman–Crippen MR) is 53.4 cm³/mol. The number of pyridine rings is 2. The lowest BCUT2D eigenvalue weighted by molar-refractivity contribution is 0.282. The van der Waals surface area contributed by atoms with Gasteiger partial charge in [0.05, 0.1) is 12.3 Å². The van der Waals surface area contributed by atoms with Gasteiger partial charge < -0.3 is 5.11 Å². The van der Waals surface area contributed by atoms with Gasteiger partial charge in [-0.05, 0) is 29.8 Å². The van der Waals surface area contributed by atoms with Gasteiger partial charge in [-0.25, -0.2) is 0 Å². The Morgan fingerprint density at radius 1 is 1.07 bits per heavy atom. The van der Waals surface area contributed by atoms with Gasteiger partial charge in [0, 0.05) is 24.2 Å². The van der Waals surface area contributed by atoms with E-state index in [1.165, 1.54) is 0 Å². The maximum Gasteiger partial charge on any atom is 0.0706 e. The molecule has 1 N–H and O–H groups in total. The van der Waals surface area contributed by atoms with Crippen molar-refractivity contribution >= 4 is 0 Å². The molecule has 0 bridgehead atoms. The van der Waals surface area contributed by atoms with Crippen LogP contribution in [0.15, 0.2) is 42.9 Å². The molecule has 0 atom stereocenters. The molecule has 0 saturated carbocycles. The first-order chi connectivity index (χ1) is 6.90. The van der Waals surface area contributed by atoms with E-state index >= 15 is 0 Å². The SMILES string of the molecule is OCc1ccnc(-c2ccncc2)c1. The second-order valence-corrected chi connectivity index (χ2v) is 2.94. The third-order valence-corrected chi connectivity index (χ3v) is 1.98. The third kappa shape index (κ3) is 1.78. The minimum atomic E-state index is 0.0423. The monoisotopic (exact) mass is 186 g/mol. The molecule has 2 aromatic heterocycles. The molecule has 0 fully saturated rings.